The standard InChI is InChI=1S/C16H20N2OS/c1-16(2,3)14-8-7-13(20-14)15(19)18-11-9-12-6-4-5-10-17-12/h4-8,10H,9,11H2,1-3H3,(H,18,19). The number of aromatic nitrogens is 1. The van der Waals surface area contributed by atoms with E-state index in [9.17, 15) is 4.79 Å². The Balaban J connectivity index is 1.88. The summed E-state index contributed by atoms with van der Waals surface area (Å²) in [6.07, 6.45) is 2.52. The molecule has 4 heteroatoms. The second-order valence-electron chi connectivity index (χ2n) is 5.74. The molecule has 0 saturated heterocycles. The molecule has 0 bridgehead atoms. The highest BCUT2D eigenvalue weighted by Gasteiger charge is 2.18. The molecule has 0 spiro atoms. The van der Waals surface area contributed by atoms with E-state index in [4.69, 9.17) is 0 Å². The van der Waals surface area contributed by atoms with Crippen molar-refractivity contribution in [1.82, 2.24) is 10.3 Å². The number of rotatable bonds is 4. The lowest BCUT2D eigenvalue weighted by Crippen LogP contribution is -2.25. The van der Waals surface area contributed by atoms with Gasteiger partial charge in [0.25, 0.3) is 5.91 Å². The van der Waals surface area contributed by atoms with E-state index in [1.54, 1.807) is 17.5 Å². The largest absolute Gasteiger partial charge is 0.351 e. The van der Waals surface area contributed by atoms with Crippen LogP contribution in [0, 0.1) is 0 Å². The van der Waals surface area contributed by atoms with Crippen molar-refractivity contribution < 1.29 is 4.79 Å². The van der Waals surface area contributed by atoms with E-state index < -0.39 is 0 Å². The van der Waals surface area contributed by atoms with Gasteiger partial charge in [0, 0.05) is 29.7 Å². The molecule has 0 unspecified atom stereocenters. The van der Waals surface area contributed by atoms with Crippen LogP contribution in [0.2, 0.25) is 0 Å². The van der Waals surface area contributed by atoms with Crippen LogP contribution in [0.15, 0.2) is 36.5 Å². The van der Waals surface area contributed by atoms with Crippen molar-refractivity contribution in [3.63, 3.8) is 0 Å². The quantitative estimate of drug-likeness (QED) is 0.936. The molecular weight excluding hydrogens is 268 g/mol. The summed E-state index contributed by atoms with van der Waals surface area (Å²) in [5.74, 6) is 0.00133. The van der Waals surface area contributed by atoms with E-state index in [0.717, 1.165) is 17.0 Å². The van der Waals surface area contributed by atoms with Gasteiger partial charge in [0.15, 0.2) is 0 Å². The predicted octanol–water partition coefficient (Wildman–Crippen LogP) is 3.41. The molecule has 1 N–H and O–H groups in total. The van der Waals surface area contributed by atoms with Gasteiger partial charge in [-0.3, -0.25) is 9.78 Å². The van der Waals surface area contributed by atoms with Crippen molar-refractivity contribution in [1.29, 1.82) is 0 Å². The number of nitrogens with zero attached hydrogens (tertiary/aromatic N) is 1. The first-order valence-corrected chi connectivity index (χ1v) is 7.57. The minimum Gasteiger partial charge on any atom is -0.351 e. The number of thiophene rings is 1. The van der Waals surface area contributed by atoms with Crippen LogP contribution in [-0.4, -0.2) is 17.4 Å². The van der Waals surface area contributed by atoms with E-state index in [1.807, 2.05) is 30.3 Å². The van der Waals surface area contributed by atoms with Gasteiger partial charge in [-0.1, -0.05) is 26.8 Å². The summed E-state index contributed by atoms with van der Waals surface area (Å²) < 4.78 is 0. The maximum absolute atomic E-state index is 12.1. The van der Waals surface area contributed by atoms with Gasteiger partial charge < -0.3 is 5.32 Å². The zero-order chi connectivity index (χ0) is 14.6. The maximum Gasteiger partial charge on any atom is 0.261 e. The van der Waals surface area contributed by atoms with Crippen LogP contribution >= 0.6 is 11.3 Å². The molecule has 0 fully saturated rings. The first kappa shape index (κ1) is 14.7. The smallest absolute Gasteiger partial charge is 0.261 e. The van der Waals surface area contributed by atoms with E-state index >= 15 is 0 Å². The summed E-state index contributed by atoms with van der Waals surface area (Å²) in [4.78, 5) is 18.3. The lowest BCUT2D eigenvalue weighted by Gasteiger charge is -2.15. The number of pyridine rings is 1. The van der Waals surface area contributed by atoms with Crippen molar-refractivity contribution in [3.05, 3.63) is 52.0 Å². The van der Waals surface area contributed by atoms with E-state index in [1.165, 1.54) is 4.88 Å². The Morgan fingerprint density at radius 3 is 2.65 bits per heavy atom. The molecule has 1 amide bonds. The van der Waals surface area contributed by atoms with Crippen molar-refractivity contribution >= 4 is 17.2 Å². The van der Waals surface area contributed by atoms with Gasteiger partial charge in [0.1, 0.15) is 0 Å². The van der Waals surface area contributed by atoms with Crippen molar-refractivity contribution in [2.24, 2.45) is 0 Å². The Labute approximate surface area is 124 Å². The number of carbonyl (C=O) groups is 1. The van der Waals surface area contributed by atoms with Gasteiger partial charge in [-0.2, -0.15) is 0 Å². The van der Waals surface area contributed by atoms with Gasteiger partial charge in [-0.25, -0.2) is 0 Å². The molecule has 0 aliphatic carbocycles. The summed E-state index contributed by atoms with van der Waals surface area (Å²) in [7, 11) is 0. The highest BCUT2D eigenvalue weighted by atomic mass is 32.1. The fraction of sp³-hybridized carbons (Fsp3) is 0.375. The fourth-order valence-electron chi connectivity index (χ4n) is 1.80. The average molecular weight is 288 g/mol. The van der Waals surface area contributed by atoms with Crippen LogP contribution < -0.4 is 5.32 Å². The average Bonchev–Trinajstić information content (AvgIpc) is 2.89. The molecule has 0 aromatic carbocycles. The highest BCUT2D eigenvalue weighted by molar-refractivity contribution is 7.14. The SMILES string of the molecule is CC(C)(C)c1ccc(C(=O)NCCc2ccccn2)s1. The van der Waals surface area contributed by atoms with Gasteiger partial charge >= 0.3 is 0 Å². The minimum atomic E-state index is 0.00133. The molecule has 2 heterocycles. The second kappa shape index (κ2) is 6.18. The summed E-state index contributed by atoms with van der Waals surface area (Å²) in [5, 5.41) is 2.94. The Hall–Kier alpha value is -1.68. The molecule has 3 nitrogen and oxygen atoms in total. The second-order valence-corrected chi connectivity index (χ2v) is 6.82. The number of hydrogen-bond donors (Lipinski definition) is 1. The van der Waals surface area contributed by atoms with E-state index in [0.29, 0.717) is 6.54 Å². The van der Waals surface area contributed by atoms with Gasteiger partial charge in [-0.15, -0.1) is 11.3 Å². The molecular formula is C16H20N2OS. The minimum absolute atomic E-state index is 0.00133. The lowest BCUT2D eigenvalue weighted by atomic mass is 9.95. The molecule has 0 aliphatic heterocycles. The molecule has 0 aliphatic rings. The van der Waals surface area contributed by atoms with Crippen LogP contribution in [0.4, 0.5) is 0 Å². The predicted molar refractivity (Wildman–Crippen MR) is 83.3 cm³/mol. The van der Waals surface area contributed by atoms with Crippen LogP contribution in [0.5, 0.6) is 0 Å². The topological polar surface area (TPSA) is 42.0 Å². The Morgan fingerprint density at radius 2 is 2.05 bits per heavy atom. The van der Waals surface area contributed by atoms with Crippen molar-refractivity contribution in [2.45, 2.75) is 32.6 Å². The summed E-state index contributed by atoms with van der Waals surface area (Å²) in [6.45, 7) is 7.07. The summed E-state index contributed by atoms with van der Waals surface area (Å²) >= 11 is 1.57. The molecule has 2 aromatic heterocycles. The monoisotopic (exact) mass is 288 g/mol. The van der Waals surface area contributed by atoms with Crippen LogP contribution in [0.25, 0.3) is 0 Å². The zero-order valence-electron chi connectivity index (χ0n) is 12.1. The molecule has 0 saturated carbocycles. The summed E-state index contributed by atoms with van der Waals surface area (Å²) in [6, 6.07) is 9.76. The molecule has 2 rings (SSSR count). The highest BCUT2D eigenvalue weighted by Crippen LogP contribution is 2.29. The number of amides is 1. The summed E-state index contributed by atoms with van der Waals surface area (Å²) in [5.41, 5.74) is 1.09. The first-order chi connectivity index (χ1) is 9.47. The maximum atomic E-state index is 12.1. The van der Waals surface area contributed by atoms with Crippen LogP contribution in [0.1, 0.15) is 41.0 Å². The Bertz CT molecular complexity index is 570. The number of carbonyl (C=O) groups excluding carboxylic acids is 1. The Morgan fingerprint density at radius 1 is 1.25 bits per heavy atom. The fourth-order valence-corrected chi connectivity index (χ4v) is 2.78. The number of hydrogen-bond acceptors (Lipinski definition) is 3. The van der Waals surface area contributed by atoms with Crippen LogP contribution in [-0.2, 0) is 11.8 Å². The molecule has 106 valence electrons. The third-order valence-electron chi connectivity index (χ3n) is 2.96. The first-order valence-electron chi connectivity index (χ1n) is 6.75. The van der Waals surface area contributed by atoms with Gasteiger partial charge in [0.05, 0.1) is 4.88 Å². The van der Waals surface area contributed by atoms with Crippen molar-refractivity contribution in [3.8, 4) is 0 Å². The van der Waals surface area contributed by atoms with Crippen LogP contribution in [0.3, 0.4) is 0 Å². The molecule has 20 heavy (non-hydrogen) atoms. The normalized spacial score (nSPS) is 11.3. The molecule has 2 aromatic rings. The zero-order valence-corrected chi connectivity index (χ0v) is 13.0. The third-order valence-corrected chi connectivity index (χ3v) is 4.47. The molecule has 0 atom stereocenters. The van der Waals surface area contributed by atoms with Crippen molar-refractivity contribution in [2.75, 3.05) is 6.54 Å². The van der Waals surface area contributed by atoms with E-state index in [2.05, 4.69) is 31.1 Å². The van der Waals surface area contributed by atoms with Gasteiger partial charge in [0.2, 0.25) is 0 Å². The Kier molecular flexibility index (Phi) is 4.55. The van der Waals surface area contributed by atoms with Gasteiger partial charge in [-0.05, 0) is 29.7 Å². The number of nitrogens with one attached hydrogen (secondary N) is 1. The third kappa shape index (κ3) is 3.90. The molecule has 0 radical (unpaired) electrons. The lowest BCUT2D eigenvalue weighted by molar-refractivity contribution is 0.0958. The van der Waals surface area contributed by atoms with E-state index in [-0.39, 0.29) is 11.3 Å².